The van der Waals surface area contributed by atoms with Crippen LogP contribution in [0.5, 0.6) is 0 Å². The van der Waals surface area contributed by atoms with Crippen LogP contribution in [-0.2, 0) is 5.41 Å². The van der Waals surface area contributed by atoms with Crippen LogP contribution in [0.2, 0.25) is 0 Å². The molecule has 12 saturated carbocycles. The van der Waals surface area contributed by atoms with E-state index in [0.717, 1.165) is 101 Å². The summed E-state index contributed by atoms with van der Waals surface area (Å²) in [4.78, 5) is 0. The SMILES string of the molecule is C.C.C.C.C.C.C.C.C.C.C.C.C.C.CC(C)(C)C1CC1.CC(C)(C)C1CCCCCC1.CC(C)(C)CC1CC1.CC(C)(C)CC1CCC1.CC(C)(C)CC1CCCC1.CC(C)(C)CC1CCCCC1.CC(C)(C)CCC1CC1.CC(C)(C)c1ccccc1.CC(C)C1CCC1.CC(C)C1CCCC1.CC(C)C1CCCCC1.CC(C)CCC1CCC1.CC(C)CCCC1CC1. The minimum atomic E-state index is 0. The lowest BCUT2D eigenvalue weighted by atomic mass is 9.74. The van der Waals surface area contributed by atoms with Gasteiger partial charge in [-0.1, -0.05) is 639 Å². The van der Waals surface area contributed by atoms with E-state index in [1.807, 2.05) is 0 Å². The Morgan fingerprint density at radius 3 is 0.649 bits per heavy atom. The number of hydrogen-bond donors (Lipinski definition) is 0. The van der Waals surface area contributed by atoms with E-state index in [9.17, 15) is 0 Å². The molecular formula is C131H284. The van der Waals surface area contributed by atoms with Crippen LogP contribution >= 0.6 is 0 Å². The second kappa shape index (κ2) is 84.9. The molecular weight excluding hydrogens is 1570 g/mol. The molecule has 0 saturated heterocycles. The van der Waals surface area contributed by atoms with Gasteiger partial charge in [0, 0.05) is 0 Å². The van der Waals surface area contributed by atoms with Crippen molar-refractivity contribution in [1.82, 2.24) is 0 Å². The van der Waals surface area contributed by atoms with E-state index in [0.29, 0.717) is 43.3 Å². The second-order valence-corrected chi connectivity index (χ2v) is 53.2. The van der Waals surface area contributed by atoms with E-state index in [-0.39, 0.29) is 104 Å². The summed E-state index contributed by atoms with van der Waals surface area (Å²) >= 11 is 0. The molecule has 0 heteroatoms. The van der Waals surface area contributed by atoms with Crippen molar-refractivity contribution in [3.63, 3.8) is 0 Å². The van der Waals surface area contributed by atoms with Gasteiger partial charge in [0.05, 0.1) is 0 Å². The Morgan fingerprint density at radius 1 is 0.221 bits per heavy atom. The molecule has 0 radical (unpaired) electrons. The van der Waals surface area contributed by atoms with Crippen LogP contribution in [0.1, 0.15) is 679 Å². The lowest BCUT2D eigenvalue weighted by Crippen LogP contribution is -2.19. The van der Waals surface area contributed by atoms with E-state index >= 15 is 0 Å². The Kier molecular flexibility index (Phi) is 104. The molecule has 0 spiro atoms. The summed E-state index contributed by atoms with van der Waals surface area (Å²) in [5.74, 6) is 17.6. The van der Waals surface area contributed by atoms with Crippen LogP contribution in [-0.4, -0.2) is 0 Å². The predicted octanol–water partition coefficient (Wildman–Crippen LogP) is 50.2. The fourth-order valence-corrected chi connectivity index (χ4v) is 19.3. The maximum Gasteiger partial charge on any atom is -0.0132 e. The highest BCUT2D eigenvalue weighted by atomic mass is 14.4. The van der Waals surface area contributed by atoms with Crippen molar-refractivity contribution >= 4 is 0 Å². The van der Waals surface area contributed by atoms with Gasteiger partial charge in [0.2, 0.25) is 0 Å². The first-order valence-electron chi connectivity index (χ1n) is 53.3. The zero-order valence-electron chi connectivity index (χ0n) is 88.0. The second-order valence-electron chi connectivity index (χ2n) is 53.2. The Labute approximate surface area is 847 Å². The zero-order valence-corrected chi connectivity index (χ0v) is 88.0. The third-order valence-electron chi connectivity index (χ3n) is 28.7. The van der Waals surface area contributed by atoms with E-state index in [2.05, 4.69) is 266 Å². The normalized spacial score (nSPS) is 18.6. The largest absolute Gasteiger partial charge is 0.0776 e. The third kappa shape index (κ3) is 102. The van der Waals surface area contributed by atoms with Crippen molar-refractivity contribution in [3.05, 3.63) is 35.9 Å². The molecule has 0 unspecified atom stereocenters. The van der Waals surface area contributed by atoms with Gasteiger partial charge in [-0.3, -0.25) is 0 Å². The summed E-state index contributed by atoms with van der Waals surface area (Å²) in [6.45, 7) is 79.3. The Hall–Kier alpha value is -0.780. The predicted molar refractivity (Wildman–Crippen MR) is 632 cm³/mol. The van der Waals surface area contributed by atoms with Gasteiger partial charge in [0.1, 0.15) is 0 Å². The van der Waals surface area contributed by atoms with Gasteiger partial charge in [-0.25, -0.2) is 0 Å². The zero-order chi connectivity index (χ0) is 88.7. The molecule has 0 amide bonds. The van der Waals surface area contributed by atoms with Gasteiger partial charge < -0.3 is 0 Å². The summed E-state index contributed by atoms with van der Waals surface area (Å²) in [7, 11) is 0. The Morgan fingerprint density at radius 2 is 0.450 bits per heavy atom. The van der Waals surface area contributed by atoms with Crippen LogP contribution in [0.15, 0.2) is 30.3 Å². The molecule has 1 aromatic rings. The van der Waals surface area contributed by atoms with Crippen LogP contribution < -0.4 is 0 Å². The first kappa shape index (κ1) is 161. The van der Waals surface area contributed by atoms with Crippen molar-refractivity contribution < 1.29 is 0 Å². The maximum atomic E-state index is 2.39. The van der Waals surface area contributed by atoms with E-state index < -0.39 is 0 Å². The highest BCUT2D eigenvalue weighted by molar-refractivity contribution is 5.22. The number of benzene rings is 1. The summed E-state index contributed by atoms with van der Waals surface area (Å²) in [6.07, 6.45) is 77.3. The first-order valence-corrected chi connectivity index (χ1v) is 53.3. The molecule has 12 aliphatic rings. The standard InChI is InChI=1S/2C11H22.C10H20.C10H14.5C9H18.2C8H16.2C7H14.14CH4/c1-11(2,3)9-10-7-5-4-6-8-10;1-11(2,3)10-8-6-4-5-7-9-10;1-10(2,3)8-9-6-4-5-7-9;1-10(2,3)9-7-5-4-6-8-9;1-9(2,3)7-6-8-4-5-8;1-9(2,3)7-8-5-4-6-8;1-8(2)6-7-9-4-3-5-9;1-8(2)4-3-5-9-6-7-9;1-8(2)9-6-4-3-5-7-9;1-8(2,3)6-7-4-5-7;1-7(2)8-5-3-4-6-8;1-7(2,3)6-4-5-6;1-6(2)7-4-3-5-7;;;;;;;;;;;;;;/h2*10H,4-9H2,1-3H3;9H,4-8H2,1-3H3;4-8H,1-3H3;2*8H,4-7H2,1-3H3;3*8-9H,3-7H2,1-2H3;7H,4-6H2,1-3H3;7-8H,3-6H2,1-2H3;6H,4-5H2,1-3H3;6-7H,3-5H2,1-2H3;14*1H4. The smallest absolute Gasteiger partial charge is 0.0132 e. The topological polar surface area (TPSA) is 0 Å². The number of hydrogen-bond acceptors (Lipinski definition) is 0. The van der Waals surface area contributed by atoms with Gasteiger partial charge in [0.15, 0.2) is 0 Å². The fraction of sp³-hybridized carbons (Fsp3) is 0.954. The van der Waals surface area contributed by atoms with Crippen molar-refractivity contribution in [2.45, 2.75) is 679 Å². The molecule has 0 aliphatic heterocycles. The quantitative estimate of drug-likeness (QED) is 0.145. The molecule has 0 nitrogen and oxygen atoms in total. The van der Waals surface area contributed by atoms with Gasteiger partial charge in [0.25, 0.3) is 0 Å². The van der Waals surface area contributed by atoms with Gasteiger partial charge >= 0.3 is 0 Å². The van der Waals surface area contributed by atoms with Crippen molar-refractivity contribution in [2.24, 2.45) is 139 Å². The van der Waals surface area contributed by atoms with Crippen molar-refractivity contribution in [3.8, 4) is 0 Å². The summed E-state index contributed by atoms with van der Waals surface area (Å²) < 4.78 is 0. The number of rotatable bonds is 16. The molecule has 13 rings (SSSR count). The van der Waals surface area contributed by atoms with E-state index in [4.69, 9.17) is 0 Å². The average Bonchev–Trinajstić information content (AvgIpc) is 1.73. The molecule has 0 aromatic heterocycles. The highest BCUT2D eigenvalue weighted by Gasteiger charge is 2.34. The summed E-state index contributed by atoms with van der Waals surface area (Å²) in [5.41, 5.74) is 5.72. The van der Waals surface area contributed by atoms with Crippen LogP contribution in [0.4, 0.5) is 0 Å². The molecule has 808 valence electrons. The summed E-state index contributed by atoms with van der Waals surface area (Å²) in [5, 5.41) is 0. The van der Waals surface area contributed by atoms with Crippen molar-refractivity contribution in [2.75, 3.05) is 0 Å². The lowest BCUT2D eigenvalue weighted by molar-refractivity contribution is 0.207. The van der Waals surface area contributed by atoms with Gasteiger partial charge in [-0.05, 0) is 214 Å². The monoisotopic (exact) mass is 1860 g/mol. The molecule has 12 aliphatic carbocycles. The Balaban J connectivity index is -0.0000000936. The average molecular weight is 1860 g/mol. The third-order valence-corrected chi connectivity index (χ3v) is 28.7. The molecule has 12 fully saturated rings. The van der Waals surface area contributed by atoms with Crippen LogP contribution in [0.3, 0.4) is 0 Å². The molecule has 0 atom stereocenters. The Bertz CT molecular complexity index is 2340. The fourth-order valence-electron chi connectivity index (χ4n) is 19.3. The van der Waals surface area contributed by atoms with Crippen LogP contribution in [0.25, 0.3) is 0 Å². The highest BCUT2D eigenvalue weighted by Crippen LogP contribution is 2.46. The summed E-state index contributed by atoms with van der Waals surface area (Å²) in [6, 6.07) is 10.6. The van der Waals surface area contributed by atoms with Gasteiger partial charge in [-0.2, -0.15) is 0 Å². The van der Waals surface area contributed by atoms with E-state index in [1.165, 1.54) is 339 Å². The lowest BCUT2D eigenvalue weighted by Gasteiger charge is -2.31. The molecule has 0 bridgehead atoms. The first-order chi connectivity index (χ1) is 54.2. The van der Waals surface area contributed by atoms with Crippen molar-refractivity contribution in [1.29, 1.82) is 0 Å². The molecule has 131 heavy (non-hydrogen) atoms. The van der Waals surface area contributed by atoms with E-state index in [1.54, 1.807) is 0 Å². The molecule has 1 aromatic carbocycles. The maximum absolute atomic E-state index is 2.39. The minimum absolute atomic E-state index is 0. The molecule has 0 N–H and O–H groups in total. The van der Waals surface area contributed by atoms with Gasteiger partial charge in [-0.15, -0.1) is 0 Å². The minimum Gasteiger partial charge on any atom is -0.0776 e. The van der Waals surface area contributed by atoms with Crippen LogP contribution in [0, 0.1) is 139 Å². The molecule has 0 heterocycles.